The maximum atomic E-state index is 12.2. The van der Waals surface area contributed by atoms with E-state index in [1.165, 1.54) is 12.1 Å². The Morgan fingerprint density at radius 1 is 1.26 bits per heavy atom. The van der Waals surface area contributed by atoms with Gasteiger partial charge in [-0.05, 0) is 25.1 Å². The van der Waals surface area contributed by atoms with Crippen molar-refractivity contribution in [3.05, 3.63) is 34.7 Å². The van der Waals surface area contributed by atoms with Crippen LogP contribution in [0.3, 0.4) is 0 Å². The fourth-order valence-electron chi connectivity index (χ4n) is 1.88. The lowest BCUT2D eigenvalue weighted by molar-refractivity contribution is 0.472. The molecule has 0 saturated carbocycles. The highest BCUT2D eigenvalue weighted by atomic mass is 32.2. The summed E-state index contributed by atoms with van der Waals surface area (Å²) < 4.78 is 60.2. The van der Waals surface area contributed by atoms with E-state index < -0.39 is 41.5 Å². The normalized spacial score (nSPS) is 13.9. The Labute approximate surface area is 131 Å². The topological polar surface area (TPSA) is 157 Å². The van der Waals surface area contributed by atoms with Crippen LogP contribution in [0.25, 0.3) is 11.0 Å². The smallest absolute Gasteiger partial charge is 0.355 e. The van der Waals surface area contributed by atoms with Gasteiger partial charge in [-0.2, -0.15) is 8.42 Å². The molecule has 0 fully saturated rings. The van der Waals surface area contributed by atoms with Crippen LogP contribution < -0.4 is 16.9 Å². The van der Waals surface area contributed by atoms with Gasteiger partial charge in [0.15, 0.2) is 14.7 Å². The van der Waals surface area contributed by atoms with Gasteiger partial charge in [0.2, 0.25) is 0 Å². The number of nitrogen functional groups attached to an aromatic ring is 1. The summed E-state index contributed by atoms with van der Waals surface area (Å²) in [7, 11) is -8.81. The summed E-state index contributed by atoms with van der Waals surface area (Å²) in [6.07, 6.45) is 0. The molecule has 0 aliphatic heterocycles. The Balaban J connectivity index is 2.55. The Morgan fingerprint density at radius 2 is 1.91 bits per heavy atom. The zero-order chi connectivity index (χ0) is 17.4. The van der Waals surface area contributed by atoms with Crippen LogP contribution in [0, 0.1) is 0 Å². The molecule has 1 heterocycles. The zero-order valence-electron chi connectivity index (χ0n) is 11.9. The number of hydrazine groups is 1. The molecule has 0 aliphatic carbocycles. The van der Waals surface area contributed by atoms with Crippen LogP contribution in [0.15, 0.2) is 38.4 Å². The standard InChI is InChI=1S/C12H14N2O7S2/c1-7(23(18,19)20)6-22(16,17)11-4-8-2-3-9(14-13)5-10(8)21-12(11)15/h2-5,7,14H,6,13H2,1H3,(H,18,19,20). The minimum atomic E-state index is -4.54. The van der Waals surface area contributed by atoms with E-state index >= 15 is 0 Å². The first kappa shape index (κ1) is 17.4. The maximum Gasteiger partial charge on any atom is 0.355 e. The van der Waals surface area contributed by atoms with E-state index in [2.05, 4.69) is 5.43 Å². The molecule has 2 rings (SSSR count). The minimum Gasteiger partial charge on any atom is -0.422 e. The molecule has 0 aliphatic rings. The molecule has 0 bridgehead atoms. The number of benzene rings is 1. The van der Waals surface area contributed by atoms with E-state index in [9.17, 15) is 21.6 Å². The average Bonchev–Trinajstić information content (AvgIpc) is 2.44. The number of nitrogens with two attached hydrogens (primary N) is 1. The second-order valence-electron chi connectivity index (χ2n) is 4.90. The molecular weight excluding hydrogens is 348 g/mol. The number of hydrogen-bond acceptors (Lipinski definition) is 8. The summed E-state index contributed by atoms with van der Waals surface area (Å²) >= 11 is 0. The lowest BCUT2D eigenvalue weighted by Gasteiger charge is -2.09. The average molecular weight is 362 g/mol. The van der Waals surface area contributed by atoms with Crippen LogP contribution in [0.2, 0.25) is 0 Å². The molecule has 0 spiro atoms. The van der Waals surface area contributed by atoms with Gasteiger partial charge < -0.3 is 9.84 Å². The van der Waals surface area contributed by atoms with E-state index in [0.29, 0.717) is 11.1 Å². The Hall–Kier alpha value is -1.95. The molecule has 126 valence electrons. The highest BCUT2D eigenvalue weighted by Gasteiger charge is 2.29. The van der Waals surface area contributed by atoms with Crippen LogP contribution in [-0.2, 0) is 20.0 Å². The largest absolute Gasteiger partial charge is 0.422 e. The van der Waals surface area contributed by atoms with Crippen LogP contribution >= 0.6 is 0 Å². The quantitative estimate of drug-likeness (QED) is 0.291. The maximum absolute atomic E-state index is 12.2. The zero-order valence-corrected chi connectivity index (χ0v) is 13.5. The third-order valence-electron chi connectivity index (χ3n) is 3.17. The second kappa shape index (κ2) is 5.92. The predicted molar refractivity (Wildman–Crippen MR) is 83.4 cm³/mol. The third kappa shape index (κ3) is 3.69. The first-order valence-electron chi connectivity index (χ1n) is 6.28. The SMILES string of the molecule is CC(CS(=O)(=O)c1cc2ccc(NN)cc2oc1=O)S(=O)(=O)O. The van der Waals surface area contributed by atoms with Crippen molar-refractivity contribution in [2.45, 2.75) is 17.1 Å². The van der Waals surface area contributed by atoms with Crippen molar-refractivity contribution in [2.24, 2.45) is 5.84 Å². The predicted octanol–water partition coefficient (Wildman–Crippen LogP) is 0.129. The second-order valence-corrected chi connectivity index (χ2v) is 8.74. The number of hydrogen-bond donors (Lipinski definition) is 3. The van der Waals surface area contributed by atoms with Gasteiger partial charge in [-0.25, -0.2) is 13.2 Å². The molecule has 1 unspecified atom stereocenters. The number of rotatable bonds is 5. The van der Waals surface area contributed by atoms with Crippen LogP contribution in [0.5, 0.6) is 0 Å². The first-order chi connectivity index (χ1) is 10.5. The molecular formula is C12H14N2O7S2. The fraction of sp³-hybridized carbons (Fsp3) is 0.250. The van der Waals surface area contributed by atoms with Crippen molar-refractivity contribution >= 4 is 36.6 Å². The van der Waals surface area contributed by atoms with Gasteiger partial charge >= 0.3 is 5.63 Å². The van der Waals surface area contributed by atoms with E-state index in [1.54, 1.807) is 6.07 Å². The number of fused-ring (bicyclic) bond motifs is 1. The minimum absolute atomic E-state index is 0.118. The van der Waals surface area contributed by atoms with Gasteiger partial charge in [0.05, 0.1) is 16.7 Å². The lowest BCUT2D eigenvalue weighted by Crippen LogP contribution is -2.28. The van der Waals surface area contributed by atoms with E-state index in [-0.39, 0.29) is 5.58 Å². The molecule has 1 aromatic carbocycles. The molecule has 0 radical (unpaired) electrons. The summed E-state index contributed by atoms with van der Waals surface area (Å²) in [5, 5.41) is -1.26. The molecule has 23 heavy (non-hydrogen) atoms. The van der Waals surface area contributed by atoms with E-state index in [1.807, 2.05) is 0 Å². The third-order valence-corrected chi connectivity index (χ3v) is 6.46. The number of nitrogens with one attached hydrogen (secondary N) is 1. The lowest BCUT2D eigenvalue weighted by atomic mass is 10.2. The monoisotopic (exact) mass is 362 g/mol. The Kier molecular flexibility index (Phi) is 4.48. The van der Waals surface area contributed by atoms with Crippen LogP contribution in [-0.4, -0.2) is 32.4 Å². The highest BCUT2D eigenvalue weighted by Crippen LogP contribution is 2.21. The van der Waals surface area contributed by atoms with Gasteiger partial charge in [-0.3, -0.25) is 10.4 Å². The molecule has 4 N–H and O–H groups in total. The van der Waals surface area contributed by atoms with Crippen LogP contribution in [0.4, 0.5) is 5.69 Å². The molecule has 11 heteroatoms. The molecule has 1 atom stereocenters. The Morgan fingerprint density at radius 3 is 2.48 bits per heavy atom. The van der Waals surface area contributed by atoms with Crippen molar-refractivity contribution in [1.29, 1.82) is 0 Å². The van der Waals surface area contributed by atoms with Crippen molar-refractivity contribution in [1.82, 2.24) is 0 Å². The van der Waals surface area contributed by atoms with Gasteiger partial charge in [0, 0.05) is 11.5 Å². The van der Waals surface area contributed by atoms with Gasteiger partial charge in [0.1, 0.15) is 5.58 Å². The van der Waals surface area contributed by atoms with Gasteiger partial charge in [0.25, 0.3) is 10.1 Å². The fourth-order valence-corrected chi connectivity index (χ4v) is 4.51. The Bertz CT molecular complexity index is 1010. The summed E-state index contributed by atoms with van der Waals surface area (Å²) in [4.78, 5) is 11.2. The van der Waals surface area contributed by atoms with Crippen LogP contribution in [0.1, 0.15) is 6.92 Å². The number of sulfone groups is 1. The molecule has 1 aromatic heterocycles. The van der Waals surface area contributed by atoms with E-state index in [0.717, 1.165) is 13.0 Å². The summed E-state index contributed by atoms with van der Waals surface area (Å²) in [6.45, 7) is 1.02. The summed E-state index contributed by atoms with van der Waals surface area (Å²) in [6, 6.07) is 5.53. The van der Waals surface area contributed by atoms with Crippen molar-refractivity contribution in [3.63, 3.8) is 0 Å². The van der Waals surface area contributed by atoms with Crippen molar-refractivity contribution in [2.75, 3.05) is 11.2 Å². The first-order valence-corrected chi connectivity index (χ1v) is 9.44. The summed E-state index contributed by atoms with van der Waals surface area (Å²) in [5.74, 6) is 4.29. The van der Waals surface area contributed by atoms with Crippen molar-refractivity contribution < 1.29 is 25.8 Å². The molecule has 0 amide bonds. The number of anilines is 1. The molecule has 9 nitrogen and oxygen atoms in total. The molecule has 0 saturated heterocycles. The van der Waals surface area contributed by atoms with Gasteiger partial charge in [-0.15, -0.1) is 0 Å². The van der Waals surface area contributed by atoms with E-state index in [4.69, 9.17) is 14.8 Å². The van der Waals surface area contributed by atoms with Gasteiger partial charge in [-0.1, -0.05) is 0 Å². The summed E-state index contributed by atoms with van der Waals surface area (Å²) in [5.41, 5.74) is 1.79. The van der Waals surface area contributed by atoms with Crippen molar-refractivity contribution in [3.8, 4) is 0 Å². The highest BCUT2D eigenvalue weighted by molar-refractivity contribution is 7.93. The molecule has 2 aromatic rings.